The first kappa shape index (κ1) is 13.0. The Morgan fingerprint density at radius 2 is 2.06 bits per heavy atom. The van der Waals surface area contributed by atoms with Crippen molar-refractivity contribution in [3.05, 3.63) is 10.9 Å². The Balaban J connectivity index is 2.45. The fourth-order valence-corrected chi connectivity index (χ4v) is 2.78. The van der Waals surface area contributed by atoms with Crippen molar-refractivity contribution >= 4 is 33.3 Å². The van der Waals surface area contributed by atoms with Crippen LogP contribution in [0, 0.1) is 6.92 Å². The van der Waals surface area contributed by atoms with Crippen molar-refractivity contribution in [2.45, 2.75) is 39.7 Å². The summed E-state index contributed by atoms with van der Waals surface area (Å²) in [6.07, 6.45) is 2.13. The number of rotatable bonds is 5. The number of aromatic nitrogens is 2. The average Bonchev–Trinajstić information content (AvgIpc) is 2.75. The zero-order valence-electron chi connectivity index (χ0n) is 10.9. The molecular formula is C12H19N5S. The number of nitrogens with two attached hydrogens (primary N) is 1. The second-order valence-corrected chi connectivity index (χ2v) is 5.51. The number of nitrogen functional groups attached to an aromatic ring is 1. The van der Waals surface area contributed by atoms with Gasteiger partial charge in [0.25, 0.3) is 0 Å². The third kappa shape index (κ3) is 2.54. The molecule has 2 heterocycles. The highest BCUT2D eigenvalue weighted by Crippen LogP contribution is 2.30. The number of thiophene rings is 1. The van der Waals surface area contributed by atoms with Crippen LogP contribution in [-0.4, -0.2) is 16.0 Å². The molecule has 0 aromatic carbocycles. The molecule has 0 aliphatic heterocycles. The lowest BCUT2D eigenvalue weighted by atomic mass is 10.1. The molecule has 0 atom stereocenters. The third-order valence-electron chi connectivity index (χ3n) is 2.97. The maximum atomic E-state index is 5.41. The molecule has 0 saturated heterocycles. The van der Waals surface area contributed by atoms with Crippen LogP contribution >= 0.6 is 11.3 Å². The van der Waals surface area contributed by atoms with Crippen molar-refractivity contribution in [3.8, 4) is 0 Å². The topological polar surface area (TPSA) is 75.9 Å². The van der Waals surface area contributed by atoms with Crippen LogP contribution in [0.25, 0.3) is 10.2 Å². The van der Waals surface area contributed by atoms with Crippen LogP contribution in [0.4, 0.5) is 11.8 Å². The van der Waals surface area contributed by atoms with E-state index in [2.05, 4.69) is 47.5 Å². The Morgan fingerprint density at radius 1 is 1.33 bits per heavy atom. The minimum absolute atomic E-state index is 0.425. The predicted octanol–water partition coefficient (Wildman–Crippen LogP) is 2.89. The fourth-order valence-electron chi connectivity index (χ4n) is 1.90. The highest BCUT2D eigenvalue weighted by molar-refractivity contribution is 7.18. The van der Waals surface area contributed by atoms with E-state index in [4.69, 9.17) is 5.84 Å². The predicted molar refractivity (Wildman–Crippen MR) is 78.0 cm³/mol. The molecule has 0 fully saturated rings. The van der Waals surface area contributed by atoms with E-state index in [1.165, 1.54) is 4.88 Å². The molecule has 0 aliphatic rings. The monoisotopic (exact) mass is 265 g/mol. The number of hydrogen-bond donors (Lipinski definition) is 3. The summed E-state index contributed by atoms with van der Waals surface area (Å²) in [7, 11) is 0. The van der Waals surface area contributed by atoms with E-state index in [0.29, 0.717) is 12.0 Å². The Kier molecular flexibility index (Phi) is 3.98. The highest BCUT2D eigenvalue weighted by Gasteiger charge is 2.12. The quantitative estimate of drug-likeness (QED) is 0.572. The van der Waals surface area contributed by atoms with Crippen LogP contribution < -0.4 is 16.6 Å². The highest BCUT2D eigenvalue weighted by atomic mass is 32.1. The molecule has 2 rings (SSSR count). The second kappa shape index (κ2) is 5.49. The van der Waals surface area contributed by atoms with Gasteiger partial charge in [-0.15, -0.1) is 11.3 Å². The molecule has 5 nitrogen and oxygen atoms in total. The van der Waals surface area contributed by atoms with Gasteiger partial charge in [-0.05, 0) is 25.8 Å². The minimum Gasteiger partial charge on any atom is -0.367 e. The van der Waals surface area contributed by atoms with Crippen molar-refractivity contribution < 1.29 is 0 Å². The first-order valence-corrected chi connectivity index (χ1v) is 7.00. The van der Waals surface area contributed by atoms with Gasteiger partial charge in [-0.3, -0.25) is 5.43 Å². The Hall–Kier alpha value is -1.40. The summed E-state index contributed by atoms with van der Waals surface area (Å²) in [5, 5.41) is 4.54. The van der Waals surface area contributed by atoms with Crippen LogP contribution in [-0.2, 0) is 0 Å². The first-order valence-electron chi connectivity index (χ1n) is 6.19. The van der Waals surface area contributed by atoms with Gasteiger partial charge < -0.3 is 5.32 Å². The zero-order valence-corrected chi connectivity index (χ0v) is 11.8. The van der Waals surface area contributed by atoms with Crippen molar-refractivity contribution in [1.82, 2.24) is 9.97 Å². The summed E-state index contributed by atoms with van der Waals surface area (Å²) in [5.74, 6) is 6.74. The number of fused-ring (bicyclic) bond motifs is 1. The lowest BCUT2D eigenvalue weighted by Gasteiger charge is -2.16. The van der Waals surface area contributed by atoms with E-state index >= 15 is 0 Å². The summed E-state index contributed by atoms with van der Waals surface area (Å²) in [5.41, 5.74) is 2.52. The van der Waals surface area contributed by atoms with Gasteiger partial charge in [0.2, 0.25) is 5.95 Å². The van der Waals surface area contributed by atoms with Crippen molar-refractivity contribution in [3.63, 3.8) is 0 Å². The van der Waals surface area contributed by atoms with Gasteiger partial charge in [0.1, 0.15) is 10.6 Å². The summed E-state index contributed by atoms with van der Waals surface area (Å²) < 4.78 is 0. The zero-order chi connectivity index (χ0) is 13.1. The fraction of sp³-hybridized carbons (Fsp3) is 0.500. The van der Waals surface area contributed by atoms with Crippen LogP contribution in [0.2, 0.25) is 0 Å². The van der Waals surface area contributed by atoms with Crippen molar-refractivity contribution in [1.29, 1.82) is 0 Å². The number of hydrazine groups is 1. The number of aryl methyl sites for hydroxylation is 1. The SMILES string of the molecule is CCC(CC)Nc1nc(NN)nc2sc(C)cc12. The molecule has 18 heavy (non-hydrogen) atoms. The van der Waals surface area contributed by atoms with Crippen molar-refractivity contribution in [2.24, 2.45) is 5.84 Å². The van der Waals surface area contributed by atoms with Gasteiger partial charge in [0, 0.05) is 10.9 Å². The molecule has 2 aromatic rings. The summed E-state index contributed by atoms with van der Waals surface area (Å²) in [4.78, 5) is 11.0. The smallest absolute Gasteiger partial charge is 0.240 e. The van der Waals surface area contributed by atoms with E-state index in [1.807, 2.05) is 0 Å². The van der Waals surface area contributed by atoms with E-state index in [-0.39, 0.29) is 0 Å². The molecule has 0 amide bonds. The van der Waals surface area contributed by atoms with E-state index in [9.17, 15) is 0 Å². The number of nitrogens with zero attached hydrogens (tertiary/aromatic N) is 2. The Bertz CT molecular complexity index is 532. The largest absolute Gasteiger partial charge is 0.367 e. The van der Waals surface area contributed by atoms with Crippen molar-refractivity contribution in [2.75, 3.05) is 10.7 Å². The van der Waals surface area contributed by atoms with Crippen LogP contribution in [0.15, 0.2) is 6.07 Å². The van der Waals surface area contributed by atoms with Gasteiger partial charge in [0.05, 0.1) is 5.39 Å². The summed E-state index contributed by atoms with van der Waals surface area (Å²) in [6.45, 7) is 6.41. The maximum absolute atomic E-state index is 5.41. The Morgan fingerprint density at radius 3 is 2.67 bits per heavy atom. The summed E-state index contributed by atoms with van der Waals surface area (Å²) in [6, 6.07) is 2.54. The molecule has 4 N–H and O–H groups in total. The van der Waals surface area contributed by atoms with Crippen LogP contribution in [0.3, 0.4) is 0 Å². The lowest BCUT2D eigenvalue weighted by molar-refractivity contribution is 0.669. The average molecular weight is 265 g/mol. The van der Waals surface area contributed by atoms with E-state index in [0.717, 1.165) is 28.9 Å². The molecule has 0 unspecified atom stereocenters. The maximum Gasteiger partial charge on any atom is 0.240 e. The van der Waals surface area contributed by atoms with Gasteiger partial charge in [0.15, 0.2) is 0 Å². The van der Waals surface area contributed by atoms with Gasteiger partial charge >= 0.3 is 0 Å². The molecule has 0 aliphatic carbocycles. The third-order valence-corrected chi connectivity index (χ3v) is 3.92. The lowest BCUT2D eigenvalue weighted by Crippen LogP contribution is -2.19. The molecule has 0 spiro atoms. The van der Waals surface area contributed by atoms with Crippen LogP contribution in [0.1, 0.15) is 31.6 Å². The standard InChI is InChI=1S/C12H19N5S/c1-4-8(5-2)14-10-9-6-7(3)18-11(9)16-12(15-10)17-13/h6,8H,4-5,13H2,1-3H3,(H2,14,15,16,17). The molecule has 6 heteroatoms. The molecule has 0 radical (unpaired) electrons. The van der Waals surface area contributed by atoms with Gasteiger partial charge in [-0.1, -0.05) is 13.8 Å². The minimum atomic E-state index is 0.425. The normalized spacial score (nSPS) is 11.2. The number of hydrogen-bond acceptors (Lipinski definition) is 6. The molecule has 2 aromatic heterocycles. The molecule has 98 valence electrons. The second-order valence-electron chi connectivity index (χ2n) is 4.27. The molecule has 0 bridgehead atoms. The molecular weight excluding hydrogens is 246 g/mol. The summed E-state index contributed by atoms with van der Waals surface area (Å²) >= 11 is 1.65. The van der Waals surface area contributed by atoms with E-state index < -0.39 is 0 Å². The Labute approximate surface area is 111 Å². The van der Waals surface area contributed by atoms with Gasteiger partial charge in [-0.2, -0.15) is 4.98 Å². The van der Waals surface area contributed by atoms with Gasteiger partial charge in [-0.25, -0.2) is 10.8 Å². The molecule has 0 saturated carbocycles. The number of nitrogens with one attached hydrogen (secondary N) is 2. The van der Waals surface area contributed by atoms with E-state index in [1.54, 1.807) is 11.3 Å². The van der Waals surface area contributed by atoms with Crippen LogP contribution in [0.5, 0.6) is 0 Å². The first-order chi connectivity index (χ1) is 8.67. The number of anilines is 2.